The summed E-state index contributed by atoms with van der Waals surface area (Å²) in [5, 5.41) is 9.59. The summed E-state index contributed by atoms with van der Waals surface area (Å²) in [5.74, 6) is -1.60. The second-order valence-electron chi connectivity index (χ2n) is 11.2. The first-order chi connectivity index (χ1) is 18.0. The molecule has 200 valence electrons. The Labute approximate surface area is 218 Å². The molecule has 1 saturated carbocycles. The zero-order chi connectivity index (χ0) is 25.9. The van der Waals surface area contributed by atoms with Crippen LogP contribution in [0.5, 0.6) is 0 Å². The second kappa shape index (κ2) is 11.3. The molecule has 2 aliphatic heterocycles. The van der Waals surface area contributed by atoms with Crippen molar-refractivity contribution in [2.75, 3.05) is 13.1 Å². The second-order valence-corrected chi connectivity index (χ2v) is 11.2. The highest BCUT2D eigenvalue weighted by molar-refractivity contribution is 5.96. The summed E-state index contributed by atoms with van der Waals surface area (Å²) >= 11 is 0. The summed E-state index contributed by atoms with van der Waals surface area (Å²) in [7, 11) is 0. The number of hydrogen-bond acceptors (Lipinski definition) is 5. The lowest BCUT2D eigenvalue weighted by Gasteiger charge is -2.36. The first-order valence-corrected chi connectivity index (χ1v) is 14.3. The van der Waals surface area contributed by atoms with Crippen LogP contribution in [0.1, 0.15) is 101 Å². The third kappa shape index (κ3) is 5.31. The predicted octanol–water partition coefficient (Wildman–Crippen LogP) is 4.61. The summed E-state index contributed by atoms with van der Waals surface area (Å²) in [4.78, 5) is 47.5. The first kappa shape index (κ1) is 25.9. The van der Waals surface area contributed by atoms with Crippen molar-refractivity contribution in [2.24, 2.45) is 0 Å². The summed E-state index contributed by atoms with van der Waals surface area (Å²) in [6.45, 7) is 3.54. The smallest absolute Gasteiger partial charge is 0.326 e. The van der Waals surface area contributed by atoms with Gasteiger partial charge in [0, 0.05) is 24.7 Å². The molecule has 3 atom stereocenters. The van der Waals surface area contributed by atoms with Crippen molar-refractivity contribution in [1.29, 1.82) is 0 Å². The van der Waals surface area contributed by atoms with E-state index in [2.05, 4.69) is 16.8 Å². The Kier molecular flexibility index (Phi) is 7.93. The molecule has 0 spiro atoms. The number of carboxylic acid groups (broad SMARTS) is 1. The fourth-order valence-electron chi connectivity index (χ4n) is 6.99. The number of para-hydroxylation sites is 2. The van der Waals surface area contributed by atoms with Crippen molar-refractivity contribution in [3.05, 3.63) is 40.3 Å². The van der Waals surface area contributed by atoms with E-state index in [0.29, 0.717) is 37.0 Å². The topological polar surface area (TPSA) is 95.7 Å². The Balaban J connectivity index is 1.44. The Morgan fingerprint density at radius 2 is 1.68 bits per heavy atom. The number of rotatable bonds is 6. The molecule has 1 aromatic heterocycles. The standard InChI is InChI=1S/C29H40N4O4/c1-20(19-22-13-9-17-31(22)21-11-5-3-2-4-6-12-21)33-24-15-8-7-14-23(24)30-26(28(33)35)27(34)32-18-10-16-25(32)29(36)37/h7-8,14-15,20-22,25H,2-6,9-13,16-19H2,1H3,(H,36,37)/t20-,22-,25?/m0/s1. The van der Waals surface area contributed by atoms with Gasteiger partial charge in [-0.1, -0.05) is 44.2 Å². The van der Waals surface area contributed by atoms with Gasteiger partial charge in [0.25, 0.3) is 11.5 Å². The molecule has 0 bridgehead atoms. The molecule has 3 fully saturated rings. The van der Waals surface area contributed by atoms with Gasteiger partial charge in [0.1, 0.15) is 6.04 Å². The van der Waals surface area contributed by atoms with Crippen molar-refractivity contribution < 1.29 is 14.7 Å². The minimum Gasteiger partial charge on any atom is -0.480 e. The van der Waals surface area contributed by atoms with E-state index in [9.17, 15) is 19.5 Å². The Hall–Kier alpha value is -2.74. The molecule has 3 heterocycles. The number of benzene rings is 1. The number of fused-ring (bicyclic) bond motifs is 1. The Morgan fingerprint density at radius 3 is 2.43 bits per heavy atom. The average Bonchev–Trinajstić information content (AvgIpc) is 3.53. The maximum Gasteiger partial charge on any atom is 0.326 e. The summed E-state index contributed by atoms with van der Waals surface area (Å²) < 4.78 is 1.75. The van der Waals surface area contributed by atoms with Gasteiger partial charge >= 0.3 is 5.97 Å². The van der Waals surface area contributed by atoms with Crippen molar-refractivity contribution in [1.82, 2.24) is 19.4 Å². The number of hydrogen-bond donors (Lipinski definition) is 1. The molecular formula is C29H40N4O4. The van der Waals surface area contributed by atoms with Crippen molar-refractivity contribution in [3.63, 3.8) is 0 Å². The van der Waals surface area contributed by atoms with Crippen molar-refractivity contribution in [3.8, 4) is 0 Å². The van der Waals surface area contributed by atoms with E-state index in [1.165, 1.54) is 56.3 Å². The number of carbonyl (C=O) groups excluding carboxylic acids is 1. The van der Waals surface area contributed by atoms with Crippen LogP contribution in [0, 0.1) is 0 Å². The summed E-state index contributed by atoms with van der Waals surface area (Å²) in [6.07, 6.45) is 13.3. The molecule has 1 N–H and O–H groups in total. The number of likely N-dealkylation sites (tertiary alicyclic amines) is 2. The highest BCUT2D eigenvalue weighted by atomic mass is 16.4. The number of carbonyl (C=O) groups is 2. The van der Waals surface area contributed by atoms with Gasteiger partial charge < -0.3 is 14.6 Å². The van der Waals surface area contributed by atoms with Gasteiger partial charge in [-0.25, -0.2) is 9.78 Å². The van der Waals surface area contributed by atoms with E-state index >= 15 is 0 Å². The minimum atomic E-state index is -1.03. The van der Waals surface area contributed by atoms with E-state index in [-0.39, 0.29) is 11.7 Å². The molecule has 2 saturated heterocycles. The van der Waals surface area contributed by atoms with E-state index < -0.39 is 23.5 Å². The highest BCUT2D eigenvalue weighted by Crippen LogP contribution is 2.32. The molecule has 1 aliphatic carbocycles. The number of amides is 1. The maximum absolute atomic E-state index is 13.8. The van der Waals surface area contributed by atoms with E-state index in [0.717, 1.165) is 24.9 Å². The van der Waals surface area contributed by atoms with Crippen LogP contribution in [-0.2, 0) is 4.79 Å². The molecular weight excluding hydrogens is 468 g/mol. The van der Waals surface area contributed by atoms with Crippen LogP contribution in [0.3, 0.4) is 0 Å². The fourth-order valence-corrected chi connectivity index (χ4v) is 6.99. The molecule has 37 heavy (non-hydrogen) atoms. The van der Waals surface area contributed by atoms with Crippen LogP contribution in [0.15, 0.2) is 29.1 Å². The molecule has 1 amide bonds. The number of nitrogens with zero attached hydrogens (tertiary/aromatic N) is 4. The zero-order valence-electron chi connectivity index (χ0n) is 22.0. The van der Waals surface area contributed by atoms with Gasteiger partial charge in [0.05, 0.1) is 11.0 Å². The Morgan fingerprint density at radius 1 is 0.973 bits per heavy atom. The Bertz CT molecular complexity index is 1190. The fraction of sp³-hybridized carbons (Fsp3) is 0.655. The summed E-state index contributed by atoms with van der Waals surface area (Å²) in [5.41, 5.74) is 0.736. The van der Waals surface area contributed by atoms with Gasteiger partial charge in [0.15, 0.2) is 5.69 Å². The lowest BCUT2D eigenvalue weighted by atomic mass is 9.94. The van der Waals surface area contributed by atoms with E-state index in [1.54, 1.807) is 4.57 Å². The molecule has 2 aromatic rings. The van der Waals surface area contributed by atoms with E-state index in [1.807, 2.05) is 24.3 Å². The van der Waals surface area contributed by atoms with Crippen molar-refractivity contribution in [2.45, 2.75) is 108 Å². The van der Waals surface area contributed by atoms with Gasteiger partial charge in [-0.05, 0) is 70.5 Å². The van der Waals surface area contributed by atoms with E-state index in [4.69, 9.17) is 0 Å². The lowest BCUT2D eigenvalue weighted by Crippen LogP contribution is -2.44. The molecule has 1 unspecified atom stereocenters. The highest BCUT2D eigenvalue weighted by Gasteiger charge is 2.37. The molecule has 5 rings (SSSR count). The monoisotopic (exact) mass is 508 g/mol. The van der Waals surface area contributed by atoms with Crippen LogP contribution in [-0.4, -0.2) is 67.5 Å². The van der Waals surface area contributed by atoms with Gasteiger partial charge in [-0.2, -0.15) is 0 Å². The van der Waals surface area contributed by atoms with Crippen LogP contribution in [0.2, 0.25) is 0 Å². The lowest BCUT2D eigenvalue weighted by molar-refractivity contribution is -0.141. The third-order valence-corrected chi connectivity index (χ3v) is 8.82. The molecule has 3 aliphatic rings. The zero-order valence-corrected chi connectivity index (χ0v) is 22.0. The summed E-state index contributed by atoms with van der Waals surface area (Å²) in [6, 6.07) is 7.51. The molecule has 8 nitrogen and oxygen atoms in total. The largest absolute Gasteiger partial charge is 0.480 e. The predicted molar refractivity (Wildman–Crippen MR) is 143 cm³/mol. The number of carboxylic acids is 1. The molecule has 0 radical (unpaired) electrons. The van der Waals surface area contributed by atoms with Crippen LogP contribution in [0.4, 0.5) is 0 Å². The van der Waals surface area contributed by atoms with Gasteiger partial charge in [-0.3, -0.25) is 14.5 Å². The number of aliphatic carboxylic acids is 1. The average molecular weight is 509 g/mol. The third-order valence-electron chi connectivity index (χ3n) is 8.82. The van der Waals surface area contributed by atoms with Crippen LogP contribution in [0.25, 0.3) is 11.0 Å². The van der Waals surface area contributed by atoms with Crippen LogP contribution >= 0.6 is 0 Å². The van der Waals surface area contributed by atoms with Gasteiger partial charge in [-0.15, -0.1) is 0 Å². The normalized spacial score (nSPS) is 24.7. The molecule has 1 aromatic carbocycles. The number of aromatic nitrogens is 2. The minimum absolute atomic E-state index is 0.111. The quantitative estimate of drug-likeness (QED) is 0.612. The SMILES string of the molecule is C[C@@H](C[C@@H]1CCCN1C1CCCCCCC1)n1c(=O)c(C(=O)N2CCCC2C(=O)O)nc2ccccc21. The van der Waals surface area contributed by atoms with Crippen LogP contribution < -0.4 is 5.56 Å². The first-order valence-electron chi connectivity index (χ1n) is 14.3. The maximum atomic E-state index is 13.8. The van der Waals surface area contributed by atoms with Gasteiger partial charge in [0.2, 0.25) is 0 Å². The molecule has 8 heteroatoms. The van der Waals surface area contributed by atoms with Crippen molar-refractivity contribution >= 4 is 22.9 Å².